The number of benzene rings is 1. The molecule has 1 nitrogen and oxygen atoms in total. The number of nitrogens with one attached hydrogen (secondary N) is 1. The maximum atomic E-state index is 13.0. The molecule has 0 spiro atoms. The van der Waals surface area contributed by atoms with Gasteiger partial charge in [0.25, 0.3) is 0 Å². The molecule has 0 unspecified atom stereocenters. The van der Waals surface area contributed by atoms with Gasteiger partial charge in [-0.2, -0.15) is 12.6 Å². The summed E-state index contributed by atoms with van der Waals surface area (Å²) in [4.78, 5) is 0. The minimum atomic E-state index is -0.126. The molecule has 1 aromatic rings. The molecule has 0 aliphatic carbocycles. The number of hydrogen-bond acceptors (Lipinski definition) is 2. The van der Waals surface area contributed by atoms with E-state index in [9.17, 15) is 4.39 Å². The molecule has 0 radical (unpaired) electrons. The van der Waals surface area contributed by atoms with Crippen molar-refractivity contribution in [3.05, 3.63) is 35.6 Å². The average molecular weight is 185 g/mol. The highest BCUT2D eigenvalue weighted by Gasteiger charge is 1.98. The van der Waals surface area contributed by atoms with Crippen LogP contribution in [0.15, 0.2) is 24.3 Å². The molecule has 0 fully saturated rings. The summed E-state index contributed by atoms with van der Waals surface area (Å²) in [6.07, 6.45) is 0.716. The summed E-state index contributed by atoms with van der Waals surface area (Å²) in [5.41, 5.74) is 0.756. The highest BCUT2D eigenvalue weighted by molar-refractivity contribution is 7.80. The predicted molar refractivity (Wildman–Crippen MR) is 52.0 cm³/mol. The highest BCUT2D eigenvalue weighted by atomic mass is 32.1. The van der Waals surface area contributed by atoms with Crippen LogP contribution in [-0.2, 0) is 6.42 Å². The Labute approximate surface area is 77.4 Å². The fraction of sp³-hybridized carbons (Fsp3) is 0.333. The van der Waals surface area contributed by atoms with Crippen LogP contribution in [0.2, 0.25) is 0 Å². The van der Waals surface area contributed by atoms with E-state index in [1.807, 2.05) is 6.07 Å². The van der Waals surface area contributed by atoms with Gasteiger partial charge in [-0.15, -0.1) is 0 Å². The first-order valence-corrected chi connectivity index (χ1v) is 4.53. The van der Waals surface area contributed by atoms with Crippen molar-refractivity contribution in [2.75, 3.05) is 12.4 Å². The molecular weight excluding hydrogens is 173 g/mol. The lowest BCUT2D eigenvalue weighted by atomic mass is 10.1. The molecule has 1 rings (SSSR count). The van der Waals surface area contributed by atoms with E-state index < -0.39 is 0 Å². The molecule has 0 aromatic heterocycles. The molecule has 0 aliphatic rings. The summed E-state index contributed by atoms with van der Waals surface area (Å²) >= 11 is 3.99. The molecule has 0 atom stereocenters. The monoisotopic (exact) mass is 185 g/mol. The van der Waals surface area contributed by atoms with Gasteiger partial charge in [0.15, 0.2) is 0 Å². The third-order valence-electron chi connectivity index (χ3n) is 1.64. The zero-order valence-corrected chi connectivity index (χ0v) is 7.65. The SMILES string of the molecule is Fc1ccccc1CCNCS. The van der Waals surface area contributed by atoms with Crippen LogP contribution in [0.3, 0.4) is 0 Å². The van der Waals surface area contributed by atoms with Gasteiger partial charge in [0.2, 0.25) is 0 Å². The van der Waals surface area contributed by atoms with Gasteiger partial charge >= 0.3 is 0 Å². The molecule has 66 valence electrons. The zero-order valence-electron chi connectivity index (χ0n) is 6.76. The van der Waals surface area contributed by atoms with E-state index >= 15 is 0 Å². The minimum Gasteiger partial charge on any atom is -0.308 e. The summed E-state index contributed by atoms with van der Waals surface area (Å²) < 4.78 is 13.0. The summed E-state index contributed by atoms with van der Waals surface area (Å²) in [5.74, 6) is 0.507. The van der Waals surface area contributed by atoms with Crippen molar-refractivity contribution < 1.29 is 4.39 Å². The van der Waals surface area contributed by atoms with E-state index in [1.54, 1.807) is 12.1 Å². The van der Waals surface area contributed by atoms with E-state index in [4.69, 9.17) is 0 Å². The van der Waals surface area contributed by atoms with E-state index in [-0.39, 0.29) is 5.82 Å². The average Bonchev–Trinajstić information content (AvgIpc) is 2.09. The van der Waals surface area contributed by atoms with Crippen molar-refractivity contribution in [2.24, 2.45) is 0 Å². The standard InChI is InChI=1S/C9H12FNS/c10-9-4-2-1-3-8(9)5-6-11-7-12/h1-4,11-12H,5-7H2. The molecule has 0 saturated heterocycles. The van der Waals surface area contributed by atoms with Gasteiger partial charge < -0.3 is 5.32 Å². The van der Waals surface area contributed by atoms with E-state index in [1.165, 1.54) is 6.07 Å². The molecule has 0 aliphatic heterocycles. The Bertz CT molecular complexity index is 240. The number of rotatable bonds is 4. The summed E-state index contributed by atoms with van der Waals surface area (Å²) in [7, 11) is 0. The van der Waals surface area contributed by atoms with Gasteiger partial charge in [0, 0.05) is 12.4 Å². The Morgan fingerprint density at radius 3 is 2.75 bits per heavy atom. The van der Waals surface area contributed by atoms with Gasteiger partial charge in [-0.3, -0.25) is 0 Å². The van der Waals surface area contributed by atoms with Gasteiger partial charge in [-0.1, -0.05) is 18.2 Å². The van der Waals surface area contributed by atoms with E-state index in [0.717, 1.165) is 12.1 Å². The lowest BCUT2D eigenvalue weighted by molar-refractivity contribution is 0.604. The Balaban J connectivity index is 2.46. The molecule has 0 saturated carbocycles. The Morgan fingerprint density at radius 2 is 2.08 bits per heavy atom. The second kappa shape index (κ2) is 5.17. The normalized spacial score (nSPS) is 10.2. The number of hydrogen-bond donors (Lipinski definition) is 2. The molecular formula is C9H12FNS. The largest absolute Gasteiger partial charge is 0.308 e. The molecule has 0 heterocycles. The Kier molecular flexibility index (Phi) is 4.11. The summed E-state index contributed by atoms with van der Waals surface area (Å²) in [6, 6.07) is 6.83. The van der Waals surface area contributed by atoms with Crippen LogP contribution in [0.1, 0.15) is 5.56 Å². The topological polar surface area (TPSA) is 12.0 Å². The van der Waals surface area contributed by atoms with Crippen molar-refractivity contribution in [3.63, 3.8) is 0 Å². The fourth-order valence-electron chi connectivity index (χ4n) is 1.00. The van der Waals surface area contributed by atoms with Crippen molar-refractivity contribution in [1.82, 2.24) is 5.32 Å². The molecule has 12 heavy (non-hydrogen) atoms. The van der Waals surface area contributed by atoms with Crippen LogP contribution in [0.5, 0.6) is 0 Å². The van der Waals surface area contributed by atoms with E-state index in [0.29, 0.717) is 12.3 Å². The minimum absolute atomic E-state index is 0.126. The van der Waals surface area contributed by atoms with Crippen molar-refractivity contribution in [3.8, 4) is 0 Å². The highest BCUT2D eigenvalue weighted by Crippen LogP contribution is 2.05. The lowest BCUT2D eigenvalue weighted by Gasteiger charge is -2.02. The molecule has 0 amide bonds. The first-order valence-electron chi connectivity index (χ1n) is 3.89. The first kappa shape index (κ1) is 9.55. The smallest absolute Gasteiger partial charge is 0.126 e. The number of thiol groups is 1. The molecule has 1 N–H and O–H groups in total. The van der Waals surface area contributed by atoms with Gasteiger partial charge in [0.05, 0.1) is 0 Å². The fourth-order valence-corrected chi connectivity index (χ4v) is 1.16. The van der Waals surface area contributed by atoms with Crippen LogP contribution in [0.4, 0.5) is 4.39 Å². The van der Waals surface area contributed by atoms with Crippen molar-refractivity contribution >= 4 is 12.6 Å². The first-order chi connectivity index (χ1) is 5.84. The van der Waals surface area contributed by atoms with Gasteiger partial charge in [0.1, 0.15) is 5.82 Å². The quantitative estimate of drug-likeness (QED) is 0.414. The third-order valence-corrected chi connectivity index (χ3v) is 1.86. The zero-order chi connectivity index (χ0) is 8.81. The van der Waals surface area contributed by atoms with Gasteiger partial charge in [-0.05, 0) is 18.1 Å². The summed E-state index contributed by atoms with van der Waals surface area (Å²) in [5, 5.41) is 3.02. The second-order valence-electron chi connectivity index (χ2n) is 2.50. The van der Waals surface area contributed by atoms with Crippen LogP contribution in [0, 0.1) is 5.82 Å². The predicted octanol–water partition coefficient (Wildman–Crippen LogP) is 1.85. The van der Waals surface area contributed by atoms with Crippen LogP contribution in [-0.4, -0.2) is 12.4 Å². The van der Waals surface area contributed by atoms with Crippen LogP contribution >= 0.6 is 12.6 Å². The Morgan fingerprint density at radius 1 is 1.33 bits per heavy atom. The van der Waals surface area contributed by atoms with Crippen molar-refractivity contribution in [2.45, 2.75) is 6.42 Å². The second-order valence-corrected chi connectivity index (χ2v) is 2.82. The molecule has 3 heteroatoms. The number of halogens is 1. The Hall–Kier alpha value is -0.540. The molecule has 1 aromatic carbocycles. The summed E-state index contributed by atoms with van der Waals surface area (Å²) in [6.45, 7) is 0.768. The molecule has 0 bridgehead atoms. The van der Waals surface area contributed by atoms with Gasteiger partial charge in [-0.25, -0.2) is 4.39 Å². The van der Waals surface area contributed by atoms with Crippen LogP contribution < -0.4 is 5.32 Å². The van der Waals surface area contributed by atoms with Crippen LogP contribution in [0.25, 0.3) is 0 Å². The lowest BCUT2D eigenvalue weighted by Crippen LogP contribution is -2.15. The maximum absolute atomic E-state index is 13.0. The van der Waals surface area contributed by atoms with Crippen molar-refractivity contribution in [1.29, 1.82) is 0 Å². The maximum Gasteiger partial charge on any atom is 0.126 e. The third kappa shape index (κ3) is 2.83. The van der Waals surface area contributed by atoms with E-state index in [2.05, 4.69) is 17.9 Å².